The van der Waals surface area contributed by atoms with Crippen molar-refractivity contribution in [2.75, 3.05) is 0 Å². The van der Waals surface area contributed by atoms with E-state index in [4.69, 9.17) is 5.11 Å². The number of aromatic nitrogens is 1. The fourth-order valence-corrected chi connectivity index (χ4v) is 4.67. The number of carbonyl (C=O) groups is 1. The van der Waals surface area contributed by atoms with Crippen molar-refractivity contribution >= 4 is 48.8 Å². The van der Waals surface area contributed by atoms with Gasteiger partial charge in [0.25, 0.3) is 0 Å². The Bertz CT molecular complexity index is 1450. The second kappa shape index (κ2) is 10.2. The number of hydrogen-bond acceptors (Lipinski definition) is 4. The fourth-order valence-electron chi connectivity index (χ4n) is 3.66. The number of benzene rings is 3. The minimum absolute atomic E-state index is 0. The molecular formula is C27H22IrNO2S-. The van der Waals surface area contributed by atoms with E-state index in [1.54, 1.807) is 11.3 Å². The van der Waals surface area contributed by atoms with E-state index in [0.717, 1.165) is 11.3 Å². The van der Waals surface area contributed by atoms with Gasteiger partial charge in [-0.25, -0.2) is 0 Å². The van der Waals surface area contributed by atoms with Gasteiger partial charge >= 0.3 is 0 Å². The van der Waals surface area contributed by atoms with Gasteiger partial charge in [0.05, 0.1) is 5.76 Å². The third-order valence-electron chi connectivity index (χ3n) is 4.90. The quantitative estimate of drug-likeness (QED) is 0.0973. The van der Waals surface area contributed by atoms with Crippen LogP contribution < -0.4 is 0 Å². The van der Waals surface area contributed by atoms with Crippen molar-refractivity contribution in [3.05, 3.63) is 89.6 Å². The van der Waals surface area contributed by atoms with E-state index in [1.807, 2.05) is 6.20 Å². The Morgan fingerprint density at radius 1 is 1.00 bits per heavy atom. The Labute approximate surface area is 204 Å². The van der Waals surface area contributed by atoms with Crippen molar-refractivity contribution in [1.29, 1.82) is 0 Å². The molecule has 0 aliphatic carbocycles. The molecule has 1 radical (unpaired) electrons. The van der Waals surface area contributed by atoms with Crippen LogP contribution in [0.3, 0.4) is 0 Å². The van der Waals surface area contributed by atoms with Crippen molar-refractivity contribution in [2.45, 2.75) is 20.8 Å². The number of aliphatic hydroxyl groups is 1. The maximum absolute atomic E-state index is 10.0. The normalized spacial score (nSPS) is 11.2. The number of carbonyl (C=O) groups excluding carboxylic acids is 1. The summed E-state index contributed by atoms with van der Waals surface area (Å²) in [7, 11) is 0. The SMILES string of the molecule is CC(=O)/C=C(/C)O.Cc1cc2ccnc(-c3[c-]cc4c(ccc5ccccc54)c3)c2s1.[Ir]. The molecule has 0 amide bonds. The summed E-state index contributed by atoms with van der Waals surface area (Å²) in [5, 5.41) is 14.6. The fraction of sp³-hybridized carbons (Fsp3) is 0.111. The number of rotatable bonds is 2. The number of fused-ring (bicyclic) bond motifs is 4. The van der Waals surface area contributed by atoms with Crippen LogP contribution in [0, 0.1) is 13.0 Å². The van der Waals surface area contributed by atoms with E-state index in [2.05, 4.69) is 78.6 Å². The average molecular weight is 617 g/mol. The van der Waals surface area contributed by atoms with Gasteiger partial charge in [0, 0.05) is 47.6 Å². The van der Waals surface area contributed by atoms with Crippen molar-refractivity contribution in [2.24, 2.45) is 0 Å². The van der Waals surface area contributed by atoms with Crippen LogP contribution in [-0.4, -0.2) is 15.9 Å². The molecule has 0 aliphatic rings. The zero-order chi connectivity index (χ0) is 22.0. The smallest absolute Gasteiger partial charge is 0.155 e. The number of hydrogen-bond donors (Lipinski definition) is 1. The maximum atomic E-state index is 10.0. The first-order valence-corrected chi connectivity index (χ1v) is 10.8. The van der Waals surface area contributed by atoms with Crippen LogP contribution >= 0.6 is 11.3 Å². The zero-order valence-electron chi connectivity index (χ0n) is 18.0. The Balaban J connectivity index is 0.000000318. The molecule has 0 aliphatic heterocycles. The molecule has 5 heteroatoms. The summed E-state index contributed by atoms with van der Waals surface area (Å²) in [6.45, 7) is 4.99. The summed E-state index contributed by atoms with van der Waals surface area (Å²) in [6, 6.07) is 24.9. The number of allylic oxidation sites excluding steroid dienone is 2. The monoisotopic (exact) mass is 617 g/mol. The van der Waals surface area contributed by atoms with Crippen LogP contribution in [0.15, 0.2) is 78.7 Å². The van der Waals surface area contributed by atoms with Crippen LogP contribution in [0.5, 0.6) is 0 Å². The Kier molecular flexibility index (Phi) is 7.57. The molecule has 1 N–H and O–H groups in total. The maximum Gasteiger partial charge on any atom is 0.155 e. The molecule has 0 saturated heterocycles. The zero-order valence-corrected chi connectivity index (χ0v) is 21.2. The van der Waals surface area contributed by atoms with Gasteiger partial charge in [-0.15, -0.1) is 40.5 Å². The van der Waals surface area contributed by atoms with Crippen LogP contribution in [0.1, 0.15) is 18.7 Å². The van der Waals surface area contributed by atoms with E-state index in [9.17, 15) is 4.79 Å². The Morgan fingerprint density at radius 2 is 1.75 bits per heavy atom. The van der Waals surface area contributed by atoms with E-state index in [-0.39, 0.29) is 31.6 Å². The molecular weight excluding hydrogens is 595 g/mol. The van der Waals surface area contributed by atoms with Gasteiger partial charge in [-0.3, -0.25) is 4.79 Å². The second-order valence-electron chi connectivity index (χ2n) is 7.47. The first-order valence-electron chi connectivity index (χ1n) is 9.99. The van der Waals surface area contributed by atoms with E-state index < -0.39 is 0 Å². The van der Waals surface area contributed by atoms with Gasteiger partial charge in [0.15, 0.2) is 5.78 Å². The number of pyridine rings is 1. The van der Waals surface area contributed by atoms with Crippen molar-refractivity contribution in [1.82, 2.24) is 4.98 Å². The van der Waals surface area contributed by atoms with Crippen molar-refractivity contribution < 1.29 is 30.0 Å². The number of aliphatic hydroxyl groups excluding tert-OH is 1. The Hall–Kier alpha value is -2.85. The van der Waals surface area contributed by atoms with Crippen molar-refractivity contribution in [3.8, 4) is 11.3 Å². The van der Waals surface area contributed by atoms with Gasteiger partial charge in [-0.1, -0.05) is 47.2 Å². The van der Waals surface area contributed by atoms with E-state index >= 15 is 0 Å². The van der Waals surface area contributed by atoms with Crippen LogP contribution in [-0.2, 0) is 24.9 Å². The summed E-state index contributed by atoms with van der Waals surface area (Å²) >= 11 is 1.80. The minimum Gasteiger partial charge on any atom is -0.512 e. The largest absolute Gasteiger partial charge is 0.512 e. The molecule has 3 nitrogen and oxygen atoms in total. The van der Waals surface area contributed by atoms with Crippen LogP contribution in [0.25, 0.3) is 42.9 Å². The van der Waals surface area contributed by atoms with Gasteiger partial charge in [-0.2, -0.15) is 0 Å². The number of nitrogens with zero attached hydrogens (tertiary/aromatic N) is 1. The molecule has 0 spiro atoms. The molecule has 163 valence electrons. The molecule has 0 unspecified atom stereocenters. The van der Waals surface area contributed by atoms with Gasteiger partial charge in [-0.05, 0) is 43.7 Å². The summed E-state index contributed by atoms with van der Waals surface area (Å²) in [5.41, 5.74) is 2.09. The van der Waals surface area contributed by atoms with Gasteiger partial charge in [0.1, 0.15) is 0 Å². The molecule has 3 aromatic carbocycles. The molecule has 32 heavy (non-hydrogen) atoms. The summed E-state index contributed by atoms with van der Waals surface area (Å²) in [5.74, 6) is -0.0625. The predicted molar refractivity (Wildman–Crippen MR) is 131 cm³/mol. The number of thiophene rings is 1. The minimum atomic E-state index is -0.125. The Morgan fingerprint density at radius 3 is 2.47 bits per heavy atom. The molecule has 5 aromatic rings. The van der Waals surface area contributed by atoms with E-state index in [1.165, 1.54) is 56.4 Å². The van der Waals surface area contributed by atoms with Gasteiger partial charge in [0.2, 0.25) is 0 Å². The van der Waals surface area contributed by atoms with Crippen molar-refractivity contribution in [3.63, 3.8) is 0 Å². The first kappa shape index (κ1) is 23.8. The van der Waals surface area contributed by atoms with Crippen LogP contribution in [0.2, 0.25) is 0 Å². The summed E-state index contributed by atoms with van der Waals surface area (Å²) in [6.07, 6.45) is 3.06. The molecule has 0 fully saturated rings. The molecule has 0 saturated carbocycles. The third kappa shape index (κ3) is 5.13. The van der Waals surface area contributed by atoms with E-state index in [0.29, 0.717) is 0 Å². The topological polar surface area (TPSA) is 50.2 Å². The second-order valence-corrected chi connectivity index (χ2v) is 8.72. The standard InChI is InChI=1S/C22H14NS.C5H8O2.Ir/c1-14-12-18-10-11-23-21(22(18)24-14)17-8-9-20-16(13-17)7-6-15-4-2-3-5-19(15)20;1-4(6)3-5(2)7;/h2-7,9-13H,1H3;3,6H,1-2H3;/q-1;;/b;4-3-;. The number of aryl methyl sites for hydroxylation is 1. The van der Waals surface area contributed by atoms with Crippen LogP contribution in [0.4, 0.5) is 0 Å². The third-order valence-corrected chi connectivity index (χ3v) is 5.97. The average Bonchev–Trinajstić information content (AvgIpc) is 3.13. The molecule has 5 rings (SSSR count). The summed E-state index contributed by atoms with van der Waals surface area (Å²) in [4.78, 5) is 16.0. The van der Waals surface area contributed by atoms with Gasteiger partial charge < -0.3 is 10.1 Å². The predicted octanol–water partition coefficient (Wildman–Crippen LogP) is 7.41. The molecule has 2 aromatic heterocycles. The number of ketones is 1. The molecule has 2 heterocycles. The molecule has 0 bridgehead atoms. The molecule has 0 atom stereocenters. The first-order chi connectivity index (χ1) is 14.9. The summed E-state index contributed by atoms with van der Waals surface area (Å²) < 4.78 is 1.24.